The lowest BCUT2D eigenvalue weighted by molar-refractivity contribution is 0.185. The van der Waals surface area contributed by atoms with Crippen LogP contribution in [0.1, 0.15) is 50.1 Å². The maximum Gasteiger partial charge on any atom is 0.261 e. The van der Waals surface area contributed by atoms with Crippen molar-refractivity contribution in [2.45, 2.75) is 71.5 Å². The Labute approximate surface area is 193 Å². The number of hydrogen-bond acceptors (Lipinski definition) is 7. The Kier molecular flexibility index (Phi) is 6.05. The molecular formula is C25H32FN5O2. The zero-order valence-corrected chi connectivity index (χ0v) is 19.8. The van der Waals surface area contributed by atoms with Gasteiger partial charge >= 0.3 is 0 Å². The van der Waals surface area contributed by atoms with Crippen LogP contribution in [-0.2, 0) is 11.2 Å². The molecule has 3 atom stereocenters. The van der Waals surface area contributed by atoms with E-state index in [1.165, 1.54) is 0 Å². The van der Waals surface area contributed by atoms with E-state index in [0.717, 1.165) is 73.3 Å². The van der Waals surface area contributed by atoms with Crippen LogP contribution in [0.4, 0.5) is 10.2 Å². The van der Waals surface area contributed by atoms with Gasteiger partial charge in [0.05, 0.1) is 12.2 Å². The van der Waals surface area contributed by atoms with E-state index in [1.54, 1.807) is 13.0 Å². The molecule has 0 amide bonds. The van der Waals surface area contributed by atoms with Crippen LogP contribution in [0.2, 0.25) is 0 Å². The third-order valence-corrected chi connectivity index (χ3v) is 7.04. The second-order valence-corrected chi connectivity index (χ2v) is 9.40. The number of aryl methyl sites for hydroxylation is 3. The van der Waals surface area contributed by atoms with E-state index >= 15 is 4.39 Å². The van der Waals surface area contributed by atoms with Gasteiger partial charge in [-0.1, -0.05) is 12.1 Å². The highest BCUT2D eigenvalue weighted by Gasteiger charge is 2.32. The highest BCUT2D eigenvalue weighted by Crippen LogP contribution is 2.39. The van der Waals surface area contributed by atoms with Crippen molar-refractivity contribution >= 4 is 16.7 Å². The molecule has 7 nitrogen and oxygen atoms in total. The number of rotatable bonds is 5. The summed E-state index contributed by atoms with van der Waals surface area (Å²) in [6, 6.07) is 4.72. The number of aromatic nitrogens is 3. The molecule has 1 aromatic carbocycles. The minimum atomic E-state index is -0.285. The first kappa shape index (κ1) is 22.2. The Bertz CT molecular complexity index is 1160. The number of hydrogen-bond donors (Lipinski definition) is 1. The molecule has 33 heavy (non-hydrogen) atoms. The average Bonchev–Trinajstić information content (AvgIpc) is 3.46. The molecule has 2 saturated heterocycles. The van der Waals surface area contributed by atoms with Crippen LogP contribution in [0.3, 0.4) is 0 Å². The molecule has 5 rings (SSSR count). The second-order valence-electron chi connectivity index (χ2n) is 9.40. The Morgan fingerprint density at radius 2 is 2.03 bits per heavy atom. The van der Waals surface area contributed by atoms with Gasteiger partial charge < -0.3 is 19.5 Å². The highest BCUT2D eigenvalue weighted by molar-refractivity contribution is 5.93. The van der Waals surface area contributed by atoms with Gasteiger partial charge in [-0.15, -0.1) is 0 Å². The summed E-state index contributed by atoms with van der Waals surface area (Å²) < 4.78 is 26.2. The van der Waals surface area contributed by atoms with Crippen LogP contribution in [-0.4, -0.2) is 53.0 Å². The number of benzene rings is 1. The van der Waals surface area contributed by atoms with Gasteiger partial charge in [0, 0.05) is 36.7 Å². The fraction of sp³-hybridized carbons (Fsp3) is 0.560. The molecular weight excluding hydrogens is 421 g/mol. The molecule has 3 aromatic rings. The lowest BCUT2D eigenvalue weighted by Gasteiger charge is -2.40. The summed E-state index contributed by atoms with van der Waals surface area (Å²) in [5.74, 6) is 1.44. The number of anilines is 1. The summed E-state index contributed by atoms with van der Waals surface area (Å²) in [7, 11) is 0. The van der Waals surface area contributed by atoms with Crippen molar-refractivity contribution < 1.29 is 13.7 Å². The van der Waals surface area contributed by atoms with Crippen molar-refractivity contribution in [2.75, 3.05) is 24.7 Å². The number of nitrogens with one attached hydrogen (secondary N) is 1. The lowest BCUT2D eigenvalue weighted by atomic mass is 9.95. The molecule has 0 bridgehead atoms. The van der Waals surface area contributed by atoms with E-state index in [4.69, 9.17) is 14.2 Å². The smallest absolute Gasteiger partial charge is 0.261 e. The average molecular weight is 454 g/mol. The van der Waals surface area contributed by atoms with Crippen LogP contribution in [0.15, 0.2) is 16.7 Å². The van der Waals surface area contributed by atoms with E-state index in [0.29, 0.717) is 29.3 Å². The van der Waals surface area contributed by atoms with Crippen molar-refractivity contribution in [3.8, 4) is 11.5 Å². The molecule has 0 saturated carbocycles. The fourth-order valence-corrected chi connectivity index (χ4v) is 5.22. The predicted octanol–water partition coefficient (Wildman–Crippen LogP) is 4.34. The summed E-state index contributed by atoms with van der Waals surface area (Å²) in [6.45, 7) is 10.5. The molecule has 2 aliphatic heterocycles. The molecule has 8 heteroatoms. The van der Waals surface area contributed by atoms with Gasteiger partial charge in [0.15, 0.2) is 5.82 Å². The van der Waals surface area contributed by atoms with Crippen LogP contribution < -0.4 is 10.2 Å². The minimum Gasteiger partial charge on any atom is -0.380 e. The van der Waals surface area contributed by atoms with Gasteiger partial charge in [0.25, 0.3) is 5.89 Å². The minimum absolute atomic E-state index is 0.226. The Morgan fingerprint density at radius 3 is 2.70 bits per heavy atom. The van der Waals surface area contributed by atoms with Crippen molar-refractivity contribution in [1.82, 2.24) is 20.4 Å². The van der Waals surface area contributed by atoms with E-state index < -0.39 is 0 Å². The first-order valence-corrected chi connectivity index (χ1v) is 12.0. The summed E-state index contributed by atoms with van der Waals surface area (Å²) in [5.41, 5.74) is 3.07. The zero-order chi connectivity index (χ0) is 23.1. The van der Waals surface area contributed by atoms with E-state index in [9.17, 15) is 0 Å². The first-order chi connectivity index (χ1) is 15.9. The predicted molar refractivity (Wildman–Crippen MR) is 126 cm³/mol. The van der Waals surface area contributed by atoms with Gasteiger partial charge in [0.2, 0.25) is 0 Å². The SMILES string of the molecule is CCc1cc(F)c2nc(N3CCC(N[C@H]4CCOC4)C[C@@H]3C)c(-c3nc(C)no3)c(C)c2c1. The van der Waals surface area contributed by atoms with Crippen molar-refractivity contribution in [3.05, 3.63) is 34.9 Å². The largest absolute Gasteiger partial charge is 0.380 e. The normalized spacial score (nSPS) is 23.5. The number of halogens is 1. The van der Waals surface area contributed by atoms with E-state index in [-0.39, 0.29) is 11.9 Å². The molecule has 0 radical (unpaired) electrons. The van der Waals surface area contributed by atoms with Crippen molar-refractivity contribution in [1.29, 1.82) is 0 Å². The molecule has 2 aromatic heterocycles. The summed E-state index contributed by atoms with van der Waals surface area (Å²) in [6.07, 6.45) is 3.79. The molecule has 2 aliphatic rings. The molecule has 1 N–H and O–H groups in total. The molecule has 1 unspecified atom stereocenters. The first-order valence-electron chi connectivity index (χ1n) is 12.0. The Balaban J connectivity index is 1.56. The maximum atomic E-state index is 15.1. The van der Waals surface area contributed by atoms with Gasteiger partial charge in [-0.25, -0.2) is 9.37 Å². The monoisotopic (exact) mass is 453 g/mol. The van der Waals surface area contributed by atoms with Gasteiger partial charge in [0.1, 0.15) is 17.2 Å². The van der Waals surface area contributed by atoms with Gasteiger partial charge in [-0.3, -0.25) is 0 Å². The number of pyridine rings is 1. The zero-order valence-electron chi connectivity index (χ0n) is 19.8. The summed E-state index contributed by atoms with van der Waals surface area (Å²) in [4.78, 5) is 11.7. The number of fused-ring (bicyclic) bond motifs is 1. The number of piperidine rings is 1. The summed E-state index contributed by atoms with van der Waals surface area (Å²) in [5, 5.41) is 8.57. The van der Waals surface area contributed by atoms with Crippen LogP contribution >= 0.6 is 0 Å². The summed E-state index contributed by atoms with van der Waals surface area (Å²) >= 11 is 0. The van der Waals surface area contributed by atoms with Crippen LogP contribution in [0.25, 0.3) is 22.4 Å². The number of nitrogens with zero attached hydrogens (tertiary/aromatic N) is 4. The molecule has 0 aliphatic carbocycles. The topological polar surface area (TPSA) is 76.3 Å². The highest BCUT2D eigenvalue weighted by atomic mass is 19.1. The van der Waals surface area contributed by atoms with Crippen LogP contribution in [0, 0.1) is 19.7 Å². The molecule has 4 heterocycles. The molecule has 176 valence electrons. The van der Waals surface area contributed by atoms with E-state index in [1.807, 2.05) is 19.9 Å². The standard InChI is InChI=1S/C25H32FN5O2/c1-5-17-11-20-15(3)22(25-27-16(4)30-33-25)24(29-23(20)21(26)12-17)31-8-6-18(10-14(31)2)28-19-7-9-32-13-19/h11-12,14,18-19,28H,5-10,13H2,1-4H3/t14-,18?,19-/m0/s1. The van der Waals surface area contributed by atoms with E-state index in [2.05, 4.69) is 27.3 Å². The fourth-order valence-electron chi connectivity index (χ4n) is 5.22. The van der Waals surface area contributed by atoms with Gasteiger partial charge in [-0.2, -0.15) is 4.98 Å². The second kappa shape index (κ2) is 8.99. The molecule has 0 spiro atoms. The third-order valence-electron chi connectivity index (χ3n) is 7.04. The third kappa shape index (κ3) is 4.22. The number of ether oxygens (including phenoxy) is 1. The van der Waals surface area contributed by atoms with Crippen molar-refractivity contribution in [2.24, 2.45) is 0 Å². The maximum absolute atomic E-state index is 15.1. The Morgan fingerprint density at radius 1 is 1.18 bits per heavy atom. The van der Waals surface area contributed by atoms with Crippen LogP contribution in [0.5, 0.6) is 0 Å². The lowest BCUT2D eigenvalue weighted by Crippen LogP contribution is -2.50. The quantitative estimate of drug-likeness (QED) is 0.616. The Hall–Kier alpha value is -2.58. The van der Waals surface area contributed by atoms with Gasteiger partial charge in [-0.05, 0) is 69.7 Å². The van der Waals surface area contributed by atoms with Crippen molar-refractivity contribution in [3.63, 3.8) is 0 Å². The molecule has 2 fully saturated rings.